The molecule has 1 saturated carbocycles. The van der Waals surface area contributed by atoms with E-state index in [9.17, 15) is 10.1 Å². The smallest absolute Gasteiger partial charge is 0.257 e. The van der Waals surface area contributed by atoms with Gasteiger partial charge >= 0.3 is 0 Å². The number of benzene rings is 1. The molecule has 0 radical (unpaired) electrons. The molecule has 1 aromatic carbocycles. The van der Waals surface area contributed by atoms with Crippen LogP contribution in [0.5, 0.6) is 0 Å². The fraction of sp³-hybridized carbons (Fsp3) is 0.500. The molecule has 140 valence electrons. The minimum atomic E-state index is -0.485. The van der Waals surface area contributed by atoms with Gasteiger partial charge in [0, 0.05) is 19.0 Å². The summed E-state index contributed by atoms with van der Waals surface area (Å²) in [6.45, 7) is 1.22. The average molecular weight is 362 g/mol. The molecular formula is C22H26N4O. The van der Waals surface area contributed by atoms with Crippen molar-refractivity contribution in [3.8, 4) is 6.07 Å². The molecule has 0 atom stereocenters. The van der Waals surface area contributed by atoms with Crippen molar-refractivity contribution in [2.24, 2.45) is 0 Å². The summed E-state index contributed by atoms with van der Waals surface area (Å²) in [6.07, 6.45) is 9.05. The lowest BCUT2D eigenvalue weighted by Gasteiger charge is -2.37. The van der Waals surface area contributed by atoms with Crippen LogP contribution >= 0.6 is 0 Å². The number of hydrogen-bond acceptors (Lipinski definition) is 3. The number of rotatable bonds is 3. The van der Waals surface area contributed by atoms with Crippen molar-refractivity contribution in [1.82, 2.24) is 15.1 Å². The van der Waals surface area contributed by atoms with Gasteiger partial charge in [-0.15, -0.1) is 0 Å². The van der Waals surface area contributed by atoms with Gasteiger partial charge in [0.25, 0.3) is 5.91 Å². The number of nitriles is 1. The van der Waals surface area contributed by atoms with Crippen LogP contribution in [0.15, 0.2) is 36.5 Å². The fourth-order valence-corrected chi connectivity index (χ4v) is 4.65. The van der Waals surface area contributed by atoms with E-state index in [-0.39, 0.29) is 5.91 Å². The normalized spacial score (nSPS) is 20.2. The van der Waals surface area contributed by atoms with Crippen LogP contribution in [0.25, 0.3) is 0 Å². The van der Waals surface area contributed by atoms with Crippen molar-refractivity contribution < 1.29 is 4.79 Å². The molecule has 2 aliphatic rings. The highest BCUT2D eigenvalue weighted by molar-refractivity contribution is 5.95. The van der Waals surface area contributed by atoms with E-state index >= 15 is 0 Å². The van der Waals surface area contributed by atoms with Crippen molar-refractivity contribution in [3.63, 3.8) is 0 Å². The van der Waals surface area contributed by atoms with E-state index in [1.807, 2.05) is 35.2 Å². The SMILES string of the molecule is N#CC1(c2ccccc2)CCN(C(=O)c2cn[nH]c2C2CCCCC2)CC1. The van der Waals surface area contributed by atoms with Crippen molar-refractivity contribution in [2.75, 3.05) is 13.1 Å². The molecule has 0 spiro atoms. The van der Waals surface area contributed by atoms with Gasteiger partial charge in [0.15, 0.2) is 0 Å². The van der Waals surface area contributed by atoms with E-state index in [0.29, 0.717) is 31.8 Å². The Labute approximate surface area is 160 Å². The van der Waals surface area contributed by atoms with Gasteiger partial charge < -0.3 is 4.90 Å². The average Bonchev–Trinajstić information content (AvgIpc) is 3.24. The lowest BCUT2D eigenvalue weighted by atomic mass is 9.74. The third-order valence-electron chi connectivity index (χ3n) is 6.36. The Morgan fingerprint density at radius 2 is 1.85 bits per heavy atom. The Hall–Kier alpha value is -2.61. The standard InChI is InChI=1S/C22H26N4O/c23-16-22(18-9-5-2-6-10-18)11-13-26(14-12-22)21(27)19-15-24-25-20(19)17-7-3-1-4-8-17/h2,5-6,9-10,15,17H,1,3-4,7-8,11-14H2,(H,24,25). The summed E-state index contributed by atoms with van der Waals surface area (Å²) in [4.78, 5) is 15.0. The van der Waals surface area contributed by atoms with Gasteiger partial charge in [0.2, 0.25) is 0 Å². The quantitative estimate of drug-likeness (QED) is 0.891. The van der Waals surface area contributed by atoms with Gasteiger partial charge in [-0.05, 0) is 31.2 Å². The highest BCUT2D eigenvalue weighted by Crippen LogP contribution is 2.37. The molecule has 2 aromatic rings. The van der Waals surface area contributed by atoms with E-state index in [2.05, 4.69) is 16.3 Å². The van der Waals surface area contributed by atoms with Gasteiger partial charge in [0.1, 0.15) is 0 Å². The maximum absolute atomic E-state index is 13.1. The molecule has 1 aliphatic carbocycles. The molecule has 0 unspecified atom stereocenters. The zero-order chi connectivity index (χ0) is 18.7. The minimum Gasteiger partial charge on any atom is -0.338 e. The van der Waals surface area contributed by atoms with Gasteiger partial charge in [-0.3, -0.25) is 9.89 Å². The van der Waals surface area contributed by atoms with E-state index in [1.165, 1.54) is 19.3 Å². The first kappa shape index (κ1) is 17.8. The largest absolute Gasteiger partial charge is 0.338 e. The second kappa shape index (κ2) is 7.56. The molecule has 5 heteroatoms. The minimum absolute atomic E-state index is 0.0592. The Bertz CT molecular complexity index is 821. The maximum atomic E-state index is 13.1. The van der Waals surface area contributed by atoms with E-state index in [4.69, 9.17) is 0 Å². The van der Waals surface area contributed by atoms with E-state index in [1.54, 1.807) is 6.20 Å². The Morgan fingerprint density at radius 3 is 2.52 bits per heavy atom. The van der Waals surface area contributed by atoms with Gasteiger partial charge in [-0.1, -0.05) is 49.6 Å². The van der Waals surface area contributed by atoms with Crippen LogP contribution in [0.1, 0.15) is 72.5 Å². The number of amides is 1. The number of aromatic amines is 1. The molecule has 0 bridgehead atoms. The van der Waals surface area contributed by atoms with Crippen LogP contribution in [-0.2, 0) is 5.41 Å². The van der Waals surface area contributed by atoms with Crippen LogP contribution in [-0.4, -0.2) is 34.1 Å². The first-order valence-electron chi connectivity index (χ1n) is 10.0. The van der Waals surface area contributed by atoms with Crippen molar-refractivity contribution in [1.29, 1.82) is 5.26 Å². The van der Waals surface area contributed by atoms with Crippen LogP contribution in [0, 0.1) is 11.3 Å². The molecule has 1 saturated heterocycles. The molecule has 1 N–H and O–H groups in total. The first-order valence-corrected chi connectivity index (χ1v) is 10.0. The first-order chi connectivity index (χ1) is 13.2. The number of hydrogen-bond donors (Lipinski definition) is 1. The highest BCUT2D eigenvalue weighted by Gasteiger charge is 2.38. The van der Waals surface area contributed by atoms with Crippen molar-refractivity contribution in [3.05, 3.63) is 53.3 Å². The molecule has 1 aliphatic heterocycles. The topological polar surface area (TPSA) is 72.8 Å². The number of aromatic nitrogens is 2. The summed E-state index contributed by atoms with van der Waals surface area (Å²) in [7, 11) is 0. The fourth-order valence-electron chi connectivity index (χ4n) is 4.65. The van der Waals surface area contributed by atoms with Gasteiger partial charge in [0.05, 0.1) is 28.9 Å². The zero-order valence-electron chi connectivity index (χ0n) is 15.7. The number of likely N-dealkylation sites (tertiary alicyclic amines) is 1. The molecule has 5 nitrogen and oxygen atoms in total. The third-order valence-corrected chi connectivity index (χ3v) is 6.36. The summed E-state index contributed by atoms with van der Waals surface area (Å²) < 4.78 is 0. The summed E-state index contributed by atoms with van der Waals surface area (Å²) >= 11 is 0. The Morgan fingerprint density at radius 1 is 1.15 bits per heavy atom. The van der Waals surface area contributed by atoms with Crippen LogP contribution < -0.4 is 0 Å². The summed E-state index contributed by atoms with van der Waals surface area (Å²) in [5.41, 5.74) is 2.32. The second-order valence-corrected chi connectivity index (χ2v) is 7.88. The van der Waals surface area contributed by atoms with Crippen molar-refractivity contribution in [2.45, 2.75) is 56.3 Å². The monoisotopic (exact) mass is 362 g/mol. The number of piperidine rings is 1. The second-order valence-electron chi connectivity index (χ2n) is 7.88. The van der Waals surface area contributed by atoms with E-state index in [0.717, 1.165) is 29.7 Å². The molecule has 1 aromatic heterocycles. The van der Waals surface area contributed by atoms with Gasteiger partial charge in [-0.2, -0.15) is 10.4 Å². The Kier molecular flexibility index (Phi) is 4.98. The number of H-pyrrole nitrogens is 1. The number of nitrogens with one attached hydrogen (secondary N) is 1. The lowest BCUT2D eigenvalue weighted by Crippen LogP contribution is -2.44. The van der Waals surface area contributed by atoms with Crippen LogP contribution in [0.3, 0.4) is 0 Å². The predicted molar refractivity (Wildman–Crippen MR) is 103 cm³/mol. The van der Waals surface area contributed by atoms with E-state index < -0.39 is 5.41 Å². The van der Waals surface area contributed by atoms with Gasteiger partial charge in [-0.25, -0.2) is 0 Å². The predicted octanol–water partition coefficient (Wildman–Crippen LogP) is 4.15. The van der Waals surface area contributed by atoms with Crippen LogP contribution in [0.4, 0.5) is 0 Å². The molecule has 1 amide bonds. The zero-order valence-corrected chi connectivity index (χ0v) is 15.7. The molecule has 2 heterocycles. The number of nitrogens with zero attached hydrogens (tertiary/aromatic N) is 3. The number of carbonyl (C=O) groups excluding carboxylic acids is 1. The lowest BCUT2D eigenvalue weighted by molar-refractivity contribution is 0.0690. The molecular weight excluding hydrogens is 336 g/mol. The molecule has 2 fully saturated rings. The van der Waals surface area contributed by atoms with Crippen molar-refractivity contribution >= 4 is 5.91 Å². The highest BCUT2D eigenvalue weighted by atomic mass is 16.2. The summed E-state index contributed by atoms with van der Waals surface area (Å²) in [5.74, 6) is 0.483. The maximum Gasteiger partial charge on any atom is 0.257 e. The third kappa shape index (κ3) is 3.37. The summed E-state index contributed by atoms with van der Waals surface area (Å²) in [5, 5.41) is 17.1. The molecule has 27 heavy (non-hydrogen) atoms. The molecule has 4 rings (SSSR count). The number of carbonyl (C=O) groups is 1. The Balaban J connectivity index is 1.48. The van der Waals surface area contributed by atoms with Crippen LogP contribution in [0.2, 0.25) is 0 Å². The summed E-state index contributed by atoms with van der Waals surface area (Å²) in [6, 6.07) is 12.5.